The molecule has 1 aliphatic rings. The van der Waals surface area contributed by atoms with E-state index >= 15 is 0 Å². The summed E-state index contributed by atoms with van der Waals surface area (Å²) in [6.07, 6.45) is 1.23. The molecule has 1 aromatic carbocycles. The summed E-state index contributed by atoms with van der Waals surface area (Å²) in [5.74, 6) is 0.513. The molecule has 5 heteroatoms. The number of nitrogens with zero attached hydrogens (tertiary/aromatic N) is 2. The van der Waals surface area contributed by atoms with Crippen LogP contribution in [-0.4, -0.2) is 41.7 Å². The van der Waals surface area contributed by atoms with Crippen molar-refractivity contribution in [2.24, 2.45) is 11.8 Å². The highest BCUT2D eigenvalue weighted by atomic mass is 16.5. The molecule has 124 valence electrons. The lowest BCUT2D eigenvalue weighted by molar-refractivity contribution is -0.142. The van der Waals surface area contributed by atoms with Crippen LogP contribution in [0.2, 0.25) is 0 Å². The van der Waals surface area contributed by atoms with E-state index in [0.717, 1.165) is 12.8 Å². The number of aliphatic hydroxyl groups excluding tert-OH is 1. The third-order valence-corrected chi connectivity index (χ3v) is 4.20. The van der Waals surface area contributed by atoms with Crippen molar-refractivity contribution in [3.63, 3.8) is 0 Å². The Morgan fingerprint density at radius 1 is 1.48 bits per heavy atom. The lowest BCUT2D eigenvalue weighted by atomic mass is 9.97. The minimum Gasteiger partial charge on any atom is -0.479 e. The fraction of sp³-hybridized carbons (Fsp3) is 0.556. The summed E-state index contributed by atoms with van der Waals surface area (Å²) in [6.45, 7) is 5.24. The van der Waals surface area contributed by atoms with E-state index in [1.165, 1.54) is 0 Å². The monoisotopic (exact) mass is 316 g/mol. The number of piperidine rings is 1. The first kappa shape index (κ1) is 17.3. The van der Waals surface area contributed by atoms with Gasteiger partial charge in [0.2, 0.25) is 0 Å². The third-order valence-electron chi connectivity index (χ3n) is 4.20. The predicted octanol–water partition coefficient (Wildman–Crippen LogP) is 2.19. The van der Waals surface area contributed by atoms with Crippen LogP contribution >= 0.6 is 0 Å². The summed E-state index contributed by atoms with van der Waals surface area (Å²) in [6, 6.07) is 9.05. The van der Waals surface area contributed by atoms with Crippen LogP contribution in [0.1, 0.15) is 32.3 Å². The Hall–Kier alpha value is -2.06. The lowest BCUT2D eigenvalue weighted by Gasteiger charge is -2.35. The summed E-state index contributed by atoms with van der Waals surface area (Å²) < 4.78 is 5.91. The number of aliphatic hydroxyl groups is 1. The molecule has 0 aromatic heterocycles. The van der Waals surface area contributed by atoms with Crippen LogP contribution < -0.4 is 4.74 Å². The maximum Gasteiger partial charge on any atom is 0.263 e. The molecule has 0 saturated carbocycles. The number of nitriles is 1. The van der Waals surface area contributed by atoms with Crippen LogP contribution in [0, 0.1) is 23.2 Å². The van der Waals surface area contributed by atoms with E-state index in [1.54, 1.807) is 29.2 Å². The number of rotatable bonds is 5. The number of hydrogen-bond donors (Lipinski definition) is 1. The molecule has 1 saturated heterocycles. The van der Waals surface area contributed by atoms with Gasteiger partial charge in [0, 0.05) is 19.7 Å². The minimum atomic E-state index is -0.623. The van der Waals surface area contributed by atoms with E-state index in [4.69, 9.17) is 4.74 Å². The SMILES string of the molecule is CC(C)C(Oc1ccccc1C#N)C(=O)N1CCCC(CO)C1. The quantitative estimate of drug-likeness (QED) is 0.903. The molecule has 1 aromatic rings. The smallest absolute Gasteiger partial charge is 0.263 e. The van der Waals surface area contributed by atoms with Crippen molar-refractivity contribution < 1.29 is 14.6 Å². The van der Waals surface area contributed by atoms with Gasteiger partial charge in [0.1, 0.15) is 11.8 Å². The van der Waals surface area contributed by atoms with Gasteiger partial charge in [-0.05, 0) is 36.8 Å². The zero-order chi connectivity index (χ0) is 16.8. The molecule has 0 aliphatic carbocycles. The van der Waals surface area contributed by atoms with Crippen LogP contribution in [0.15, 0.2) is 24.3 Å². The number of benzene rings is 1. The topological polar surface area (TPSA) is 73.6 Å². The highest BCUT2D eigenvalue weighted by molar-refractivity contribution is 5.81. The summed E-state index contributed by atoms with van der Waals surface area (Å²) in [7, 11) is 0. The first-order chi connectivity index (χ1) is 11.1. The molecule has 5 nitrogen and oxygen atoms in total. The van der Waals surface area contributed by atoms with Crippen molar-refractivity contribution in [1.29, 1.82) is 5.26 Å². The fourth-order valence-electron chi connectivity index (χ4n) is 2.86. The lowest BCUT2D eigenvalue weighted by Crippen LogP contribution is -2.49. The van der Waals surface area contributed by atoms with Gasteiger partial charge in [-0.15, -0.1) is 0 Å². The normalized spacial score (nSPS) is 19.3. The van der Waals surface area contributed by atoms with Crippen LogP contribution in [0.25, 0.3) is 0 Å². The Labute approximate surface area is 137 Å². The van der Waals surface area contributed by atoms with Gasteiger partial charge in [-0.3, -0.25) is 4.79 Å². The van der Waals surface area contributed by atoms with Crippen LogP contribution in [0.4, 0.5) is 0 Å². The van der Waals surface area contributed by atoms with Gasteiger partial charge in [0.05, 0.1) is 5.56 Å². The Bertz CT molecular complexity index is 580. The van der Waals surface area contributed by atoms with Crippen molar-refractivity contribution in [3.05, 3.63) is 29.8 Å². The second-order valence-electron chi connectivity index (χ2n) is 6.37. The van der Waals surface area contributed by atoms with Gasteiger partial charge in [-0.25, -0.2) is 0 Å². The number of carbonyl (C=O) groups is 1. The van der Waals surface area contributed by atoms with Crippen LogP contribution in [0.3, 0.4) is 0 Å². The average Bonchev–Trinajstić information content (AvgIpc) is 2.59. The molecule has 0 radical (unpaired) electrons. The number of amides is 1. The summed E-state index contributed by atoms with van der Waals surface area (Å²) in [4.78, 5) is 14.6. The highest BCUT2D eigenvalue weighted by Gasteiger charge is 2.32. The van der Waals surface area contributed by atoms with Gasteiger partial charge in [-0.2, -0.15) is 5.26 Å². The summed E-state index contributed by atoms with van der Waals surface area (Å²) in [5.41, 5.74) is 0.429. The maximum atomic E-state index is 12.8. The molecule has 0 bridgehead atoms. The van der Waals surface area contributed by atoms with Crippen molar-refractivity contribution in [3.8, 4) is 11.8 Å². The Morgan fingerprint density at radius 2 is 2.22 bits per heavy atom. The second kappa shape index (κ2) is 7.98. The molecule has 1 fully saturated rings. The van der Waals surface area contributed by atoms with Crippen molar-refractivity contribution in [2.45, 2.75) is 32.8 Å². The Morgan fingerprint density at radius 3 is 2.87 bits per heavy atom. The van der Waals surface area contributed by atoms with Crippen molar-refractivity contribution >= 4 is 5.91 Å². The first-order valence-electron chi connectivity index (χ1n) is 8.12. The molecule has 2 atom stereocenters. The van der Waals surface area contributed by atoms with Gasteiger partial charge < -0.3 is 14.7 Å². The van der Waals surface area contributed by atoms with Crippen molar-refractivity contribution in [2.75, 3.05) is 19.7 Å². The number of carbonyl (C=O) groups excluding carboxylic acids is 1. The molecule has 0 spiro atoms. The minimum absolute atomic E-state index is 0.0104. The fourth-order valence-corrected chi connectivity index (χ4v) is 2.86. The molecule has 1 N–H and O–H groups in total. The number of likely N-dealkylation sites (tertiary alicyclic amines) is 1. The van der Waals surface area contributed by atoms with Crippen molar-refractivity contribution in [1.82, 2.24) is 4.90 Å². The third kappa shape index (κ3) is 4.23. The van der Waals surface area contributed by atoms with E-state index < -0.39 is 6.10 Å². The molecule has 1 aliphatic heterocycles. The van der Waals surface area contributed by atoms with E-state index in [-0.39, 0.29) is 24.3 Å². The second-order valence-corrected chi connectivity index (χ2v) is 6.37. The van der Waals surface area contributed by atoms with Crippen LogP contribution in [-0.2, 0) is 4.79 Å². The number of hydrogen-bond acceptors (Lipinski definition) is 4. The predicted molar refractivity (Wildman–Crippen MR) is 86.8 cm³/mol. The summed E-state index contributed by atoms with van der Waals surface area (Å²) >= 11 is 0. The van der Waals surface area contributed by atoms with E-state index in [0.29, 0.717) is 24.4 Å². The standard InChI is InChI=1S/C18H24N2O3/c1-13(2)17(23-16-8-4-3-7-15(16)10-19)18(22)20-9-5-6-14(11-20)12-21/h3-4,7-8,13-14,17,21H,5-6,9,11-12H2,1-2H3. The highest BCUT2D eigenvalue weighted by Crippen LogP contribution is 2.24. The Balaban J connectivity index is 2.15. The molecular weight excluding hydrogens is 292 g/mol. The zero-order valence-corrected chi connectivity index (χ0v) is 13.7. The number of para-hydroxylation sites is 1. The molecule has 1 amide bonds. The Kier molecular flexibility index (Phi) is 6.00. The van der Waals surface area contributed by atoms with Crippen LogP contribution in [0.5, 0.6) is 5.75 Å². The van der Waals surface area contributed by atoms with Gasteiger partial charge >= 0.3 is 0 Å². The van der Waals surface area contributed by atoms with E-state index in [9.17, 15) is 15.2 Å². The number of ether oxygens (including phenoxy) is 1. The molecule has 2 rings (SSSR count). The first-order valence-corrected chi connectivity index (χ1v) is 8.12. The summed E-state index contributed by atoms with van der Waals surface area (Å²) in [5, 5.41) is 18.5. The molecule has 23 heavy (non-hydrogen) atoms. The molecule has 1 heterocycles. The molecular formula is C18H24N2O3. The maximum absolute atomic E-state index is 12.8. The van der Waals surface area contributed by atoms with E-state index in [1.807, 2.05) is 13.8 Å². The largest absolute Gasteiger partial charge is 0.479 e. The van der Waals surface area contributed by atoms with E-state index in [2.05, 4.69) is 6.07 Å². The van der Waals surface area contributed by atoms with Gasteiger partial charge in [0.15, 0.2) is 6.10 Å². The van der Waals surface area contributed by atoms with Gasteiger partial charge in [0.25, 0.3) is 5.91 Å². The van der Waals surface area contributed by atoms with Gasteiger partial charge in [-0.1, -0.05) is 26.0 Å². The average molecular weight is 316 g/mol. The zero-order valence-electron chi connectivity index (χ0n) is 13.7. The molecule has 2 unspecified atom stereocenters.